The third-order valence-corrected chi connectivity index (χ3v) is 10.5. The molecule has 0 amide bonds. The van der Waals surface area contributed by atoms with Crippen molar-refractivity contribution in [3.05, 3.63) is 0 Å². The standard InChI is InChI=1S/C47H90O6/c1-5-7-9-11-13-14-15-16-17-18-19-23-27-31-35-39-46(49)52-42-44(41-51-45(48)38-34-30-25-12-10-8-6-2)53-47(50)40-36-32-28-24-21-20-22-26-29-33-37-43(3)4/h43-44H,5-42H2,1-4H3/t44-/m1/s1. The van der Waals surface area contributed by atoms with Gasteiger partial charge in [0.15, 0.2) is 6.10 Å². The third kappa shape index (κ3) is 41.4. The summed E-state index contributed by atoms with van der Waals surface area (Å²) in [6, 6.07) is 0. The molecule has 0 saturated carbocycles. The maximum atomic E-state index is 12.7. The van der Waals surface area contributed by atoms with Crippen molar-refractivity contribution >= 4 is 17.9 Å². The average Bonchev–Trinajstić information content (AvgIpc) is 3.14. The number of carbonyl (C=O) groups excluding carboxylic acids is 3. The van der Waals surface area contributed by atoms with Crippen LogP contribution in [0.2, 0.25) is 0 Å². The smallest absolute Gasteiger partial charge is 0.306 e. The van der Waals surface area contributed by atoms with E-state index in [9.17, 15) is 14.4 Å². The van der Waals surface area contributed by atoms with Crippen molar-refractivity contribution in [2.45, 2.75) is 265 Å². The minimum atomic E-state index is -0.758. The maximum absolute atomic E-state index is 12.7. The number of hydrogen-bond donors (Lipinski definition) is 0. The summed E-state index contributed by atoms with van der Waals surface area (Å²) >= 11 is 0. The van der Waals surface area contributed by atoms with Crippen LogP contribution in [0.3, 0.4) is 0 Å². The number of esters is 3. The van der Waals surface area contributed by atoms with Gasteiger partial charge in [-0.3, -0.25) is 14.4 Å². The van der Waals surface area contributed by atoms with E-state index in [4.69, 9.17) is 14.2 Å². The van der Waals surface area contributed by atoms with Crippen LogP contribution in [0, 0.1) is 5.92 Å². The summed E-state index contributed by atoms with van der Waals surface area (Å²) in [6.07, 6.45) is 41.0. The molecule has 6 nitrogen and oxygen atoms in total. The molecule has 0 bridgehead atoms. The SMILES string of the molecule is CCCCCCCCCCCCCCCCCC(=O)OC[C@@H](COC(=O)CCCCCCCCC)OC(=O)CCCCCCCCCCCCC(C)C. The van der Waals surface area contributed by atoms with Crippen molar-refractivity contribution in [3.63, 3.8) is 0 Å². The molecule has 0 aromatic rings. The summed E-state index contributed by atoms with van der Waals surface area (Å²) in [5.74, 6) is -0.0424. The molecule has 1 atom stereocenters. The van der Waals surface area contributed by atoms with E-state index in [2.05, 4.69) is 27.7 Å². The van der Waals surface area contributed by atoms with Crippen LogP contribution in [-0.2, 0) is 28.6 Å². The Hall–Kier alpha value is -1.59. The van der Waals surface area contributed by atoms with Crippen molar-refractivity contribution in [1.29, 1.82) is 0 Å². The molecular formula is C47H90O6. The minimum absolute atomic E-state index is 0.0640. The molecule has 0 aliphatic heterocycles. The van der Waals surface area contributed by atoms with Crippen LogP contribution in [0.15, 0.2) is 0 Å². The molecule has 0 unspecified atom stereocenters. The van der Waals surface area contributed by atoms with E-state index in [-0.39, 0.29) is 31.1 Å². The first-order chi connectivity index (χ1) is 25.9. The van der Waals surface area contributed by atoms with Crippen LogP contribution in [-0.4, -0.2) is 37.2 Å². The number of carbonyl (C=O) groups is 3. The van der Waals surface area contributed by atoms with Crippen LogP contribution < -0.4 is 0 Å². The summed E-state index contributed by atoms with van der Waals surface area (Å²) in [5.41, 5.74) is 0. The fourth-order valence-electron chi connectivity index (χ4n) is 6.98. The van der Waals surface area contributed by atoms with Crippen molar-refractivity contribution in [2.75, 3.05) is 13.2 Å². The van der Waals surface area contributed by atoms with Crippen molar-refractivity contribution in [1.82, 2.24) is 0 Å². The summed E-state index contributed by atoms with van der Waals surface area (Å²) in [6.45, 7) is 8.95. The first-order valence-corrected chi connectivity index (χ1v) is 23.4. The van der Waals surface area contributed by atoms with Gasteiger partial charge in [-0.2, -0.15) is 0 Å². The summed E-state index contributed by atoms with van der Waals surface area (Å²) in [7, 11) is 0. The highest BCUT2D eigenvalue weighted by atomic mass is 16.6. The van der Waals surface area contributed by atoms with Gasteiger partial charge in [0.25, 0.3) is 0 Å². The first kappa shape index (κ1) is 51.4. The van der Waals surface area contributed by atoms with Crippen LogP contribution in [0.4, 0.5) is 0 Å². The Morgan fingerprint density at radius 2 is 0.623 bits per heavy atom. The zero-order chi connectivity index (χ0) is 38.9. The van der Waals surface area contributed by atoms with E-state index >= 15 is 0 Å². The fourth-order valence-corrected chi connectivity index (χ4v) is 6.98. The van der Waals surface area contributed by atoms with Crippen molar-refractivity contribution in [2.24, 2.45) is 5.92 Å². The summed E-state index contributed by atoms with van der Waals surface area (Å²) < 4.78 is 16.7. The van der Waals surface area contributed by atoms with Crippen LogP contribution in [0.1, 0.15) is 259 Å². The topological polar surface area (TPSA) is 78.9 Å². The normalized spacial score (nSPS) is 11.9. The van der Waals surface area contributed by atoms with Gasteiger partial charge in [0.1, 0.15) is 13.2 Å². The van der Waals surface area contributed by atoms with Crippen LogP contribution in [0.25, 0.3) is 0 Å². The van der Waals surface area contributed by atoms with Crippen LogP contribution in [0.5, 0.6) is 0 Å². The molecule has 0 aliphatic rings. The zero-order valence-electron chi connectivity index (χ0n) is 36.0. The van der Waals surface area contributed by atoms with Gasteiger partial charge >= 0.3 is 17.9 Å². The predicted octanol–water partition coefficient (Wildman–Crippen LogP) is 14.7. The lowest BCUT2D eigenvalue weighted by atomic mass is 10.0. The third-order valence-electron chi connectivity index (χ3n) is 10.5. The lowest BCUT2D eigenvalue weighted by molar-refractivity contribution is -0.167. The molecule has 6 heteroatoms. The molecule has 0 aromatic carbocycles. The van der Waals surface area contributed by atoms with E-state index in [1.54, 1.807) is 0 Å². The Labute approximate surface area is 329 Å². The lowest BCUT2D eigenvalue weighted by Gasteiger charge is -2.18. The van der Waals surface area contributed by atoms with E-state index < -0.39 is 6.10 Å². The molecule has 0 N–H and O–H groups in total. The number of hydrogen-bond acceptors (Lipinski definition) is 6. The van der Waals surface area contributed by atoms with Gasteiger partial charge < -0.3 is 14.2 Å². The highest BCUT2D eigenvalue weighted by Gasteiger charge is 2.19. The molecule has 0 saturated heterocycles. The van der Waals surface area contributed by atoms with Crippen LogP contribution >= 0.6 is 0 Å². The number of rotatable bonds is 42. The van der Waals surface area contributed by atoms with Gasteiger partial charge in [0.2, 0.25) is 0 Å². The Bertz CT molecular complexity index is 796. The molecule has 314 valence electrons. The molecule has 0 aliphatic carbocycles. The van der Waals surface area contributed by atoms with Crippen molar-refractivity contribution < 1.29 is 28.6 Å². The highest BCUT2D eigenvalue weighted by molar-refractivity contribution is 5.71. The minimum Gasteiger partial charge on any atom is -0.462 e. The quantitative estimate of drug-likeness (QED) is 0.0351. The molecule has 0 aromatic heterocycles. The fraction of sp³-hybridized carbons (Fsp3) is 0.936. The molecule has 0 spiro atoms. The number of unbranched alkanes of at least 4 members (excludes halogenated alkanes) is 29. The van der Waals surface area contributed by atoms with Gasteiger partial charge in [-0.05, 0) is 25.2 Å². The Balaban J connectivity index is 4.24. The summed E-state index contributed by atoms with van der Waals surface area (Å²) in [5, 5.41) is 0. The Morgan fingerprint density at radius 1 is 0.358 bits per heavy atom. The van der Waals surface area contributed by atoms with Gasteiger partial charge in [0, 0.05) is 19.3 Å². The predicted molar refractivity (Wildman–Crippen MR) is 224 cm³/mol. The monoisotopic (exact) mass is 751 g/mol. The highest BCUT2D eigenvalue weighted by Crippen LogP contribution is 2.16. The van der Waals surface area contributed by atoms with Gasteiger partial charge in [-0.1, -0.05) is 220 Å². The molecule has 0 radical (unpaired) electrons. The van der Waals surface area contributed by atoms with Gasteiger partial charge in [0.05, 0.1) is 0 Å². The number of ether oxygens (including phenoxy) is 3. The second-order valence-electron chi connectivity index (χ2n) is 16.5. The van der Waals surface area contributed by atoms with E-state index in [0.29, 0.717) is 19.3 Å². The van der Waals surface area contributed by atoms with Crippen molar-refractivity contribution in [3.8, 4) is 0 Å². The van der Waals surface area contributed by atoms with E-state index in [1.165, 1.54) is 154 Å². The lowest BCUT2D eigenvalue weighted by Crippen LogP contribution is -2.30. The first-order valence-electron chi connectivity index (χ1n) is 23.4. The second kappa shape index (κ2) is 41.6. The van der Waals surface area contributed by atoms with E-state index in [0.717, 1.165) is 63.7 Å². The summed E-state index contributed by atoms with van der Waals surface area (Å²) in [4.78, 5) is 37.6. The Morgan fingerprint density at radius 3 is 0.925 bits per heavy atom. The molecule has 0 fully saturated rings. The molecular weight excluding hydrogens is 661 g/mol. The molecule has 0 heterocycles. The second-order valence-corrected chi connectivity index (χ2v) is 16.5. The zero-order valence-corrected chi connectivity index (χ0v) is 36.0. The Kier molecular flexibility index (Phi) is 40.3. The largest absolute Gasteiger partial charge is 0.462 e. The maximum Gasteiger partial charge on any atom is 0.306 e. The average molecular weight is 751 g/mol. The van der Waals surface area contributed by atoms with Gasteiger partial charge in [-0.25, -0.2) is 0 Å². The molecule has 0 rings (SSSR count). The molecule has 53 heavy (non-hydrogen) atoms. The van der Waals surface area contributed by atoms with E-state index in [1.807, 2.05) is 0 Å². The van der Waals surface area contributed by atoms with Gasteiger partial charge in [-0.15, -0.1) is 0 Å².